The minimum Gasteiger partial charge on any atom is -0.465 e. The van der Waals surface area contributed by atoms with E-state index in [1.54, 1.807) is 19.9 Å². The van der Waals surface area contributed by atoms with Gasteiger partial charge in [-0.3, -0.25) is 9.59 Å². The van der Waals surface area contributed by atoms with Gasteiger partial charge in [-0.25, -0.2) is 0 Å². The van der Waals surface area contributed by atoms with Gasteiger partial charge in [0.05, 0.1) is 13.2 Å². The molecule has 20 heavy (non-hydrogen) atoms. The molecule has 0 saturated carbocycles. The highest BCUT2D eigenvalue weighted by Gasteiger charge is 2.38. The first-order chi connectivity index (χ1) is 9.25. The summed E-state index contributed by atoms with van der Waals surface area (Å²) >= 11 is 0. The minimum atomic E-state index is -0.851. The van der Waals surface area contributed by atoms with Crippen molar-refractivity contribution in [2.24, 2.45) is 11.3 Å². The van der Waals surface area contributed by atoms with E-state index in [9.17, 15) is 9.59 Å². The van der Waals surface area contributed by atoms with Gasteiger partial charge in [0.25, 0.3) is 0 Å². The molecule has 1 rings (SSSR count). The number of esters is 1. The first-order valence-electron chi connectivity index (χ1n) is 6.62. The third kappa shape index (κ3) is 4.36. The van der Waals surface area contributed by atoms with Gasteiger partial charge in [0.1, 0.15) is 17.4 Å². The molecule has 0 saturated heterocycles. The van der Waals surface area contributed by atoms with E-state index in [1.807, 2.05) is 20.8 Å². The Bertz CT molecular complexity index is 474. The van der Waals surface area contributed by atoms with E-state index < -0.39 is 17.3 Å². The van der Waals surface area contributed by atoms with Crippen LogP contribution in [0, 0.1) is 18.3 Å². The fraction of sp³-hybridized carbons (Fsp3) is 0.643. The topological polar surface area (TPSA) is 81.4 Å². The zero-order valence-electron chi connectivity index (χ0n) is 12.6. The highest BCUT2D eigenvalue weighted by Crippen LogP contribution is 2.27. The molecule has 1 N–H and O–H groups in total. The Labute approximate surface area is 118 Å². The van der Waals surface area contributed by atoms with Crippen LogP contribution in [0.15, 0.2) is 10.6 Å². The average molecular weight is 282 g/mol. The predicted octanol–water partition coefficient (Wildman–Crippen LogP) is 1.82. The van der Waals surface area contributed by atoms with Crippen LogP contribution in [0.2, 0.25) is 0 Å². The molecular weight excluding hydrogens is 260 g/mol. The Hall–Kier alpha value is -1.85. The van der Waals surface area contributed by atoms with Crippen LogP contribution < -0.4 is 5.32 Å². The quantitative estimate of drug-likeness (QED) is 0.658. The summed E-state index contributed by atoms with van der Waals surface area (Å²) in [7, 11) is 0. The zero-order chi connectivity index (χ0) is 15.3. The summed E-state index contributed by atoms with van der Waals surface area (Å²) < 4.78 is 9.89. The number of hydrogen-bond acceptors (Lipinski definition) is 5. The molecule has 0 radical (unpaired) electrons. The smallest absolute Gasteiger partial charge is 0.319 e. The van der Waals surface area contributed by atoms with E-state index in [0.29, 0.717) is 11.5 Å². The van der Waals surface area contributed by atoms with Crippen molar-refractivity contribution in [3.63, 3.8) is 0 Å². The second-order valence-corrected chi connectivity index (χ2v) is 5.70. The first kappa shape index (κ1) is 16.2. The van der Waals surface area contributed by atoms with Crippen LogP contribution in [-0.4, -0.2) is 23.6 Å². The molecule has 1 atom stereocenters. The van der Waals surface area contributed by atoms with Gasteiger partial charge in [0, 0.05) is 6.07 Å². The van der Waals surface area contributed by atoms with Gasteiger partial charge < -0.3 is 14.6 Å². The molecule has 0 spiro atoms. The highest BCUT2D eigenvalue weighted by atomic mass is 16.5. The van der Waals surface area contributed by atoms with E-state index in [-0.39, 0.29) is 19.1 Å². The molecule has 1 amide bonds. The summed E-state index contributed by atoms with van der Waals surface area (Å²) in [6, 6.07) is 1.73. The standard InChI is InChI=1S/C14H22N2O4/c1-6-19-13(18)11(14(3,4)5)12(17)15-8-10-7-9(2)20-16-10/h7,11H,6,8H2,1-5H3,(H,15,17). The van der Waals surface area contributed by atoms with E-state index in [0.717, 1.165) is 0 Å². The number of nitrogens with zero attached hydrogens (tertiary/aromatic N) is 1. The summed E-state index contributed by atoms with van der Waals surface area (Å²) in [5, 5.41) is 6.48. The number of hydrogen-bond donors (Lipinski definition) is 1. The second kappa shape index (κ2) is 6.54. The van der Waals surface area contributed by atoms with E-state index >= 15 is 0 Å². The van der Waals surface area contributed by atoms with Gasteiger partial charge in [-0.1, -0.05) is 25.9 Å². The maximum atomic E-state index is 12.2. The second-order valence-electron chi connectivity index (χ2n) is 5.70. The van der Waals surface area contributed by atoms with Crippen molar-refractivity contribution < 1.29 is 18.8 Å². The normalized spacial score (nSPS) is 12.8. The summed E-state index contributed by atoms with van der Waals surface area (Å²) in [4.78, 5) is 24.1. The minimum absolute atomic E-state index is 0.224. The average Bonchev–Trinajstić information content (AvgIpc) is 2.71. The molecule has 1 heterocycles. The van der Waals surface area contributed by atoms with Crippen molar-refractivity contribution in [3.8, 4) is 0 Å². The lowest BCUT2D eigenvalue weighted by Gasteiger charge is -2.27. The first-order valence-corrected chi connectivity index (χ1v) is 6.62. The number of carbonyl (C=O) groups excluding carboxylic acids is 2. The van der Waals surface area contributed by atoms with Crippen LogP contribution in [0.3, 0.4) is 0 Å². The molecular formula is C14H22N2O4. The van der Waals surface area contributed by atoms with Crippen molar-refractivity contribution in [3.05, 3.63) is 17.5 Å². The maximum absolute atomic E-state index is 12.2. The molecule has 6 heteroatoms. The lowest BCUT2D eigenvalue weighted by molar-refractivity contribution is -0.156. The van der Waals surface area contributed by atoms with Crippen LogP contribution in [0.25, 0.3) is 0 Å². The third-order valence-corrected chi connectivity index (χ3v) is 2.77. The highest BCUT2D eigenvalue weighted by molar-refractivity contribution is 5.98. The van der Waals surface area contributed by atoms with Gasteiger partial charge in [-0.2, -0.15) is 0 Å². The lowest BCUT2D eigenvalue weighted by atomic mass is 9.80. The molecule has 6 nitrogen and oxygen atoms in total. The Morgan fingerprint density at radius 2 is 2.10 bits per heavy atom. The van der Waals surface area contributed by atoms with Gasteiger partial charge in [0.15, 0.2) is 0 Å². The van der Waals surface area contributed by atoms with Gasteiger partial charge in [-0.05, 0) is 19.3 Å². The van der Waals surface area contributed by atoms with Crippen LogP contribution in [0.1, 0.15) is 39.1 Å². The number of amides is 1. The largest absolute Gasteiger partial charge is 0.465 e. The summed E-state index contributed by atoms with van der Waals surface area (Å²) in [5.41, 5.74) is 0.100. The molecule has 0 aromatic carbocycles. The van der Waals surface area contributed by atoms with Crippen molar-refractivity contribution in [1.29, 1.82) is 0 Å². The van der Waals surface area contributed by atoms with Crippen molar-refractivity contribution in [2.45, 2.75) is 41.2 Å². The molecule has 0 aliphatic heterocycles. The van der Waals surface area contributed by atoms with Crippen LogP contribution in [-0.2, 0) is 20.9 Å². The van der Waals surface area contributed by atoms with Gasteiger partial charge in [0.2, 0.25) is 5.91 Å². The predicted molar refractivity (Wildman–Crippen MR) is 72.7 cm³/mol. The number of ether oxygens (including phenoxy) is 1. The third-order valence-electron chi connectivity index (χ3n) is 2.77. The molecule has 1 unspecified atom stereocenters. The van der Waals surface area contributed by atoms with Crippen molar-refractivity contribution in [1.82, 2.24) is 10.5 Å². The molecule has 1 aromatic rings. The molecule has 112 valence electrons. The van der Waals surface area contributed by atoms with Crippen LogP contribution in [0.5, 0.6) is 0 Å². The monoisotopic (exact) mass is 282 g/mol. The van der Waals surface area contributed by atoms with E-state index in [1.165, 1.54) is 0 Å². The van der Waals surface area contributed by atoms with E-state index in [4.69, 9.17) is 9.26 Å². The summed E-state index contributed by atoms with van der Waals surface area (Å²) in [5.74, 6) is -1.05. The molecule has 0 bridgehead atoms. The number of nitrogens with one attached hydrogen (secondary N) is 1. The fourth-order valence-electron chi connectivity index (χ4n) is 1.86. The fourth-order valence-corrected chi connectivity index (χ4v) is 1.86. The SMILES string of the molecule is CCOC(=O)C(C(=O)NCc1cc(C)on1)C(C)(C)C. The number of aromatic nitrogens is 1. The van der Waals surface area contributed by atoms with Gasteiger partial charge >= 0.3 is 5.97 Å². The van der Waals surface area contributed by atoms with Crippen LogP contribution >= 0.6 is 0 Å². The molecule has 1 aromatic heterocycles. The Morgan fingerprint density at radius 1 is 1.45 bits per heavy atom. The zero-order valence-corrected chi connectivity index (χ0v) is 12.6. The molecule has 0 aliphatic rings. The number of rotatable bonds is 5. The molecule has 0 fully saturated rings. The van der Waals surface area contributed by atoms with Crippen molar-refractivity contribution >= 4 is 11.9 Å². The Balaban J connectivity index is 2.71. The lowest BCUT2D eigenvalue weighted by Crippen LogP contribution is -2.43. The Kier molecular flexibility index (Phi) is 5.30. The van der Waals surface area contributed by atoms with E-state index in [2.05, 4.69) is 10.5 Å². The maximum Gasteiger partial charge on any atom is 0.319 e. The van der Waals surface area contributed by atoms with Crippen molar-refractivity contribution in [2.75, 3.05) is 6.61 Å². The van der Waals surface area contributed by atoms with Gasteiger partial charge in [-0.15, -0.1) is 0 Å². The Morgan fingerprint density at radius 3 is 2.55 bits per heavy atom. The number of aryl methyl sites for hydroxylation is 1. The van der Waals surface area contributed by atoms with Crippen LogP contribution in [0.4, 0.5) is 0 Å². The summed E-state index contributed by atoms with van der Waals surface area (Å²) in [6.45, 7) is 9.45. The number of carbonyl (C=O) groups is 2. The molecule has 0 aliphatic carbocycles. The summed E-state index contributed by atoms with van der Waals surface area (Å²) in [6.07, 6.45) is 0.